The van der Waals surface area contributed by atoms with Crippen molar-refractivity contribution in [1.29, 1.82) is 0 Å². The van der Waals surface area contributed by atoms with Gasteiger partial charge in [-0.25, -0.2) is 9.97 Å². The largest absolute Gasteiger partial charge is 0.458 e. The number of hydrogen-bond acceptors (Lipinski definition) is 4. The zero-order chi connectivity index (χ0) is 17.6. The molecule has 2 heterocycles. The van der Waals surface area contributed by atoms with Gasteiger partial charge in [0.05, 0.1) is 6.54 Å². The predicted molar refractivity (Wildman–Crippen MR) is 97.5 cm³/mol. The number of carbonyl (C=O) groups excluding carboxylic acids is 1. The van der Waals surface area contributed by atoms with Gasteiger partial charge in [0.1, 0.15) is 6.10 Å². The quantitative estimate of drug-likeness (QED) is 0.830. The Hall–Kier alpha value is -1.65. The molecule has 1 aromatic rings. The highest BCUT2D eigenvalue weighted by atomic mass is 16.5. The lowest BCUT2D eigenvalue weighted by molar-refractivity contribution is -0.142. The molecule has 1 aromatic heterocycles. The predicted octanol–water partition coefficient (Wildman–Crippen LogP) is 3.45. The first-order valence-corrected chi connectivity index (χ1v) is 10.4. The first-order valence-electron chi connectivity index (χ1n) is 10.4. The van der Waals surface area contributed by atoms with Gasteiger partial charge in [-0.2, -0.15) is 0 Å². The van der Waals surface area contributed by atoms with Crippen LogP contribution >= 0.6 is 0 Å². The molecule has 0 N–H and O–H groups in total. The first-order chi connectivity index (χ1) is 12.7. The van der Waals surface area contributed by atoms with E-state index in [-0.39, 0.29) is 6.10 Å². The highest BCUT2D eigenvalue weighted by Gasteiger charge is 2.51. The van der Waals surface area contributed by atoms with Crippen LogP contribution in [0.15, 0.2) is 18.5 Å². The number of likely N-dealkylation sites (tertiary alicyclic amines) is 1. The normalized spacial score (nSPS) is 38.4. The molecular formula is C21H29N3O2. The van der Waals surface area contributed by atoms with Crippen molar-refractivity contribution in [3.05, 3.63) is 18.5 Å². The number of aromatic nitrogens is 2. The van der Waals surface area contributed by atoms with E-state index in [1.165, 1.54) is 38.5 Å². The highest BCUT2D eigenvalue weighted by molar-refractivity contribution is 5.77. The van der Waals surface area contributed by atoms with E-state index in [1.807, 2.05) is 0 Å². The Bertz CT molecular complexity index is 627. The van der Waals surface area contributed by atoms with Gasteiger partial charge in [0.15, 0.2) is 0 Å². The Balaban J connectivity index is 1.22. The lowest BCUT2D eigenvalue weighted by Crippen LogP contribution is -2.50. The first kappa shape index (κ1) is 16.5. The molecule has 5 aliphatic rings. The molecule has 6 rings (SSSR count). The third-order valence-corrected chi connectivity index (χ3v) is 7.24. The molecule has 5 fully saturated rings. The summed E-state index contributed by atoms with van der Waals surface area (Å²) in [5.74, 6) is 3.07. The molecule has 5 nitrogen and oxygen atoms in total. The van der Waals surface area contributed by atoms with Crippen LogP contribution in [0, 0.1) is 23.2 Å². The molecule has 5 heteroatoms. The summed E-state index contributed by atoms with van der Waals surface area (Å²) in [6.45, 7) is 1.56. The smallest absolute Gasteiger partial charge is 0.316 e. The fourth-order valence-electron chi connectivity index (χ4n) is 6.70. The molecule has 1 saturated heterocycles. The number of piperidine rings is 1. The van der Waals surface area contributed by atoms with Crippen LogP contribution in [0.2, 0.25) is 0 Å². The van der Waals surface area contributed by atoms with Gasteiger partial charge in [0.2, 0.25) is 5.91 Å². The topological polar surface area (TPSA) is 55.3 Å². The molecule has 0 spiro atoms. The summed E-state index contributed by atoms with van der Waals surface area (Å²) in [5, 5.41) is 0. The van der Waals surface area contributed by atoms with Crippen molar-refractivity contribution >= 4 is 5.91 Å². The second-order valence-electron chi connectivity index (χ2n) is 9.35. The Morgan fingerprint density at radius 1 is 1.12 bits per heavy atom. The highest BCUT2D eigenvalue weighted by Crippen LogP contribution is 2.61. The van der Waals surface area contributed by atoms with Crippen molar-refractivity contribution in [2.45, 2.75) is 63.9 Å². The Labute approximate surface area is 155 Å². The minimum atomic E-state index is 0.0199. The minimum Gasteiger partial charge on any atom is -0.458 e. The van der Waals surface area contributed by atoms with Crippen LogP contribution in [0.5, 0.6) is 6.01 Å². The molecule has 4 aliphatic carbocycles. The van der Waals surface area contributed by atoms with Gasteiger partial charge in [-0.05, 0) is 80.6 Å². The summed E-state index contributed by atoms with van der Waals surface area (Å²) in [6, 6.07) is 2.21. The fourth-order valence-corrected chi connectivity index (χ4v) is 6.70. The molecule has 1 unspecified atom stereocenters. The van der Waals surface area contributed by atoms with Gasteiger partial charge >= 0.3 is 6.01 Å². The molecule has 1 amide bonds. The van der Waals surface area contributed by atoms with E-state index in [9.17, 15) is 4.79 Å². The van der Waals surface area contributed by atoms with E-state index in [2.05, 4.69) is 14.9 Å². The van der Waals surface area contributed by atoms with Crippen LogP contribution in [-0.4, -0.2) is 40.0 Å². The summed E-state index contributed by atoms with van der Waals surface area (Å²) in [4.78, 5) is 23.5. The average molecular weight is 355 g/mol. The molecule has 4 saturated carbocycles. The maximum Gasteiger partial charge on any atom is 0.316 e. The molecule has 1 atom stereocenters. The van der Waals surface area contributed by atoms with Gasteiger partial charge in [-0.1, -0.05) is 0 Å². The fraction of sp³-hybridized carbons (Fsp3) is 0.762. The van der Waals surface area contributed by atoms with Crippen LogP contribution in [0.4, 0.5) is 0 Å². The molecule has 4 bridgehead atoms. The zero-order valence-electron chi connectivity index (χ0n) is 15.5. The second kappa shape index (κ2) is 6.50. The van der Waals surface area contributed by atoms with Crippen molar-refractivity contribution in [2.75, 3.05) is 13.1 Å². The van der Waals surface area contributed by atoms with E-state index < -0.39 is 0 Å². The standard InChI is InChI=1S/C21H29N3O2/c25-19(13-21-10-15-7-16(11-21)9-17(8-15)12-21)24-6-1-3-18(14-24)26-20-22-4-2-5-23-20/h2,4-5,15-18H,1,3,6-14H2. The Morgan fingerprint density at radius 2 is 1.77 bits per heavy atom. The number of amides is 1. The second-order valence-corrected chi connectivity index (χ2v) is 9.35. The van der Waals surface area contributed by atoms with Crippen molar-refractivity contribution in [1.82, 2.24) is 14.9 Å². The summed E-state index contributed by atoms with van der Waals surface area (Å²) in [7, 11) is 0. The number of hydrogen-bond donors (Lipinski definition) is 0. The van der Waals surface area contributed by atoms with Gasteiger partial charge in [-0.3, -0.25) is 4.79 Å². The van der Waals surface area contributed by atoms with Crippen LogP contribution in [-0.2, 0) is 4.79 Å². The third kappa shape index (κ3) is 3.21. The van der Waals surface area contributed by atoms with E-state index >= 15 is 0 Å². The maximum absolute atomic E-state index is 13.1. The summed E-state index contributed by atoms with van der Waals surface area (Å²) < 4.78 is 5.91. The molecule has 0 aromatic carbocycles. The zero-order valence-corrected chi connectivity index (χ0v) is 15.5. The molecule has 140 valence electrons. The van der Waals surface area contributed by atoms with E-state index in [0.717, 1.165) is 43.6 Å². The van der Waals surface area contributed by atoms with E-state index in [0.29, 0.717) is 23.9 Å². The number of rotatable bonds is 4. The lowest BCUT2D eigenvalue weighted by Gasteiger charge is -2.57. The van der Waals surface area contributed by atoms with Crippen molar-refractivity contribution in [3.63, 3.8) is 0 Å². The monoisotopic (exact) mass is 355 g/mol. The molecular weight excluding hydrogens is 326 g/mol. The number of carbonyl (C=O) groups is 1. The third-order valence-electron chi connectivity index (χ3n) is 7.24. The minimum absolute atomic E-state index is 0.0199. The lowest BCUT2D eigenvalue weighted by atomic mass is 9.49. The van der Waals surface area contributed by atoms with E-state index in [4.69, 9.17) is 4.74 Å². The van der Waals surface area contributed by atoms with E-state index in [1.54, 1.807) is 18.5 Å². The SMILES string of the molecule is O=C(CC12CC3CC(CC(C3)C1)C2)N1CCCC(Oc2ncccn2)C1. The summed E-state index contributed by atoms with van der Waals surface area (Å²) >= 11 is 0. The van der Waals surface area contributed by atoms with Gasteiger partial charge in [-0.15, -0.1) is 0 Å². The van der Waals surface area contributed by atoms with Crippen LogP contribution in [0.3, 0.4) is 0 Å². The van der Waals surface area contributed by atoms with Crippen LogP contribution < -0.4 is 4.74 Å². The summed E-state index contributed by atoms with van der Waals surface area (Å²) in [5.41, 5.74) is 0.322. The van der Waals surface area contributed by atoms with Crippen molar-refractivity contribution in [2.24, 2.45) is 23.2 Å². The van der Waals surface area contributed by atoms with Crippen LogP contribution in [0.25, 0.3) is 0 Å². The Kier molecular flexibility index (Phi) is 4.13. The number of ether oxygens (including phenoxy) is 1. The Morgan fingerprint density at radius 3 is 2.42 bits per heavy atom. The molecule has 26 heavy (non-hydrogen) atoms. The van der Waals surface area contributed by atoms with Crippen molar-refractivity contribution in [3.8, 4) is 6.01 Å². The molecule has 1 aliphatic heterocycles. The number of nitrogens with zero attached hydrogens (tertiary/aromatic N) is 3. The van der Waals surface area contributed by atoms with Crippen LogP contribution in [0.1, 0.15) is 57.8 Å². The summed E-state index contributed by atoms with van der Waals surface area (Å²) in [6.07, 6.45) is 14.4. The molecule has 0 radical (unpaired) electrons. The maximum atomic E-state index is 13.1. The van der Waals surface area contributed by atoms with Crippen molar-refractivity contribution < 1.29 is 9.53 Å². The van der Waals surface area contributed by atoms with Gasteiger partial charge < -0.3 is 9.64 Å². The van der Waals surface area contributed by atoms with Gasteiger partial charge in [0, 0.05) is 25.4 Å². The van der Waals surface area contributed by atoms with Gasteiger partial charge in [0.25, 0.3) is 0 Å². The average Bonchev–Trinajstić information content (AvgIpc) is 2.61.